The quantitative estimate of drug-likeness (QED) is 0.553. The summed E-state index contributed by atoms with van der Waals surface area (Å²) in [6.45, 7) is 3.65. The lowest BCUT2D eigenvalue weighted by atomic mass is 10.2. The Morgan fingerprint density at radius 1 is 1.48 bits per heavy atom. The van der Waals surface area contributed by atoms with E-state index in [0.717, 1.165) is 36.1 Å². The Kier molecular flexibility index (Phi) is 6.23. The second kappa shape index (κ2) is 8.16. The van der Waals surface area contributed by atoms with Gasteiger partial charge in [0.05, 0.1) is 12.3 Å². The first-order chi connectivity index (χ1) is 11.0. The maximum atomic E-state index is 10.6. The van der Waals surface area contributed by atoms with Crippen LogP contribution in [0.3, 0.4) is 0 Å². The van der Waals surface area contributed by atoms with Crippen LogP contribution in [0.25, 0.3) is 0 Å². The van der Waals surface area contributed by atoms with Gasteiger partial charge in [-0.2, -0.15) is 16.7 Å². The van der Waals surface area contributed by atoms with Crippen LogP contribution in [0.5, 0.6) is 0 Å². The lowest BCUT2D eigenvalue weighted by molar-refractivity contribution is 0.111. The third-order valence-corrected chi connectivity index (χ3v) is 4.17. The molecule has 0 atom stereocenters. The van der Waals surface area contributed by atoms with Gasteiger partial charge in [0.1, 0.15) is 11.5 Å². The van der Waals surface area contributed by atoms with Gasteiger partial charge in [-0.1, -0.05) is 0 Å². The number of hydrogen-bond donors (Lipinski definition) is 1. The number of nitrogens with one attached hydrogen (secondary N) is 1. The fourth-order valence-corrected chi connectivity index (χ4v) is 2.86. The number of nitrogens with zero attached hydrogens (tertiary/aromatic N) is 4. The molecule has 7 nitrogen and oxygen atoms in total. The molecule has 0 saturated heterocycles. The molecule has 23 heavy (non-hydrogen) atoms. The molecule has 2 rings (SSSR count). The second-order valence-corrected chi connectivity index (χ2v) is 6.68. The predicted molar refractivity (Wildman–Crippen MR) is 91.9 cm³/mol. The zero-order valence-electron chi connectivity index (χ0n) is 14.0. The molecule has 1 N–H and O–H groups in total. The first-order valence-electron chi connectivity index (χ1n) is 7.40. The van der Waals surface area contributed by atoms with Crippen molar-refractivity contribution >= 4 is 24.0 Å². The fourth-order valence-electron chi connectivity index (χ4n) is 2.12. The summed E-state index contributed by atoms with van der Waals surface area (Å²) in [5.74, 6) is 4.59. The molecule has 0 amide bonds. The minimum Gasteiger partial charge on any atom is -0.464 e. The SMILES string of the molecule is Cc1cc(CSCCNc2nc(C=O)nn2C)oc1CN(C)C. The molecule has 0 unspecified atom stereocenters. The number of thioether (sulfide) groups is 1. The highest BCUT2D eigenvalue weighted by molar-refractivity contribution is 7.98. The highest BCUT2D eigenvalue weighted by Crippen LogP contribution is 2.20. The van der Waals surface area contributed by atoms with Crippen molar-refractivity contribution in [3.8, 4) is 0 Å². The third kappa shape index (κ3) is 5.11. The van der Waals surface area contributed by atoms with E-state index in [-0.39, 0.29) is 5.82 Å². The Bertz CT molecular complexity index is 650. The van der Waals surface area contributed by atoms with Gasteiger partial charge in [-0.25, -0.2) is 4.68 Å². The van der Waals surface area contributed by atoms with Crippen LogP contribution < -0.4 is 5.32 Å². The molecule has 0 aliphatic rings. The lowest BCUT2D eigenvalue weighted by Gasteiger charge is -2.07. The highest BCUT2D eigenvalue weighted by atomic mass is 32.2. The Morgan fingerprint density at radius 3 is 2.91 bits per heavy atom. The average molecular weight is 337 g/mol. The zero-order chi connectivity index (χ0) is 16.8. The number of anilines is 1. The molecular weight excluding hydrogens is 314 g/mol. The van der Waals surface area contributed by atoms with Gasteiger partial charge in [0.15, 0.2) is 6.29 Å². The van der Waals surface area contributed by atoms with Gasteiger partial charge in [0.2, 0.25) is 11.8 Å². The van der Waals surface area contributed by atoms with Crippen LogP contribution in [0, 0.1) is 6.92 Å². The van der Waals surface area contributed by atoms with Crippen molar-refractivity contribution in [2.45, 2.75) is 19.2 Å². The summed E-state index contributed by atoms with van der Waals surface area (Å²) >= 11 is 1.79. The first kappa shape index (κ1) is 17.6. The molecule has 0 fully saturated rings. The van der Waals surface area contributed by atoms with Crippen LogP contribution in [-0.4, -0.2) is 52.3 Å². The fraction of sp³-hybridized carbons (Fsp3) is 0.533. The van der Waals surface area contributed by atoms with Crippen molar-refractivity contribution in [1.82, 2.24) is 19.7 Å². The van der Waals surface area contributed by atoms with Gasteiger partial charge in [0.25, 0.3) is 0 Å². The smallest absolute Gasteiger partial charge is 0.221 e. The Balaban J connectivity index is 1.73. The molecule has 126 valence electrons. The van der Waals surface area contributed by atoms with Crippen molar-refractivity contribution < 1.29 is 9.21 Å². The zero-order valence-corrected chi connectivity index (χ0v) is 14.8. The Labute approximate surface area is 140 Å². The van der Waals surface area contributed by atoms with E-state index in [4.69, 9.17) is 4.42 Å². The maximum Gasteiger partial charge on any atom is 0.221 e. The van der Waals surface area contributed by atoms with Crippen molar-refractivity contribution in [3.05, 3.63) is 29.0 Å². The molecule has 2 heterocycles. The molecule has 0 spiro atoms. The predicted octanol–water partition coefficient (Wildman–Crippen LogP) is 1.94. The van der Waals surface area contributed by atoms with Gasteiger partial charge in [-0.3, -0.25) is 4.79 Å². The van der Waals surface area contributed by atoms with Gasteiger partial charge in [-0.05, 0) is 32.6 Å². The summed E-state index contributed by atoms with van der Waals surface area (Å²) in [7, 11) is 5.82. The van der Waals surface area contributed by atoms with Gasteiger partial charge >= 0.3 is 0 Å². The summed E-state index contributed by atoms with van der Waals surface area (Å²) in [4.78, 5) is 16.8. The minimum atomic E-state index is 0.196. The van der Waals surface area contributed by atoms with E-state index in [1.54, 1.807) is 23.5 Å². The van der Waals surface area contributed by atoms with Crippen LogP contribution in [0.2, 0.25) is 0 Å². The van der Waals surface area contributed by atoms with Gasteiger partial charge in [0, 0.05) is 19.3 Å². The molecule has 0 radical (unpaired) electrons. The van der Waals surface area contributed by atoms with E-state index in [9.17, 15) is 4.79 Å². The van der Waals surface area contributed by atoms with Crippen LogP contribution >= 0.6 is 11.8 Å². The summed E-state index contributed by atoms with van der Waals surface area (Å²) in [6.07, 6.45) is 0.643. The first-order valence-corrected chi connectivity index (χ1v) is 8.55. The second-order valence-electron chi connectivity index (χ2n) is 5.57. The molecule has 0 aromatic carbocycles. The highest BCUT2D eigenvalue weighted by Gasteiger charge is 2.09. The van der Waals surface area contributed by atoms with E-state index in [0.29, 0.717) is 12.2 Å². The average Bonchev–Trinajstić information content (AvgIpc) is 3.01. The third-order valence-electron chi connectivity index (χ3n) is 3.19. The van der Waals surface area contributed by atoms with Crippen LogP contribution in [0.1, 0.15) is 27.7 Å². The van der Waals surface area contributed by atoms with E-state index in [2.05, 4.69) is 33.3 Å². The standard InChI is InChI=1S/C15H23N5O2S/c1-11-7-12(22-13(11)8-19(2)3)10-23-6-5-16-15-17-14(9-21)18-20(15)4/h7,9H,5-6,8,10H2,1-4H3,(H,16,17,18). The topological polar surface area (TPSA) is 76.2 Å². The van der Waals surface area contributed by atoms with E-state index in [1.165, 1.54) is 5.56 Å². The molecule has 0 bridgehead atoms. The Morgan fingerprint density at radius 2 is 2.26 bits per heavy atom. The minimum absolute atomic E-state index is 0.196. The molecule has 0 aliphatic carbocycles. The Hall–Kier alpha value is -1.80. The number of furan rings is 1. The van der Waals surface area contributed by atoms with Crippen molar-refractivity contribution in [3.63, 3.8) is 0 Å². The number of aromatic nitrogens is 3. The summed E-state index contributed by atoms with van der Waals surface area (Å²) in [5.41, 5.74) is 1.20. The molecule has 8 heteroatoms. The molecule has 0 saturated carbocycles. The van der Waals surface area contributed by atoms with Gasteiger partial charge in [-0.15, -0.1) is 5.10 Å². The number of hydrogen-bond acceptors (Lipinski definition) is 7. The number of aldehydes is 1. The largest absolute Gasteiger partial charge is 0.464 e. The van der Waals surface area contributed by atoms with Crippen LogP contribution in [-0.2, 0) is 19.3 Å². The van der Waals surface area contributed by atoms with Crippen LogP contribution in [0.4, 0.5) is 5.95 Å². The number of carbonyl (C=O) groups excluding carboxylic acids is 1. The lowest BCUT2D eigenvalue weighted by Crippen LogP contribution is -2.10. The van der Waals surface area contributed by atoms with Crippen LogP contribution in [0.15, 0.2) is 10.5 Å². The van der Waals surface area contributed by atoms with E-state index < -0.39 is 0 Å². The summed E-state index contributed by atoms with van der Waals surface area (Å²) in [6, 6.07) is 2.11. The monoisotopic (exact) mass is 337 g/mol. The van der Waals surface area contributed by atoms with Crippen molar-refractivity contribution in [1.29, 1.82) is 0 Å². The van der Waals surface area contributed by atoms with Crippen molar-refractivity contribution in [2.24, 2.45) is 7.05 Å². The number of rotatable bonds is 9. The number of aryl methyl sites for hydroxylation is 2. The van der Waals surface area contributed by atoms with E-state index >= 15 is 0 Å². The maximum absolute atomic E-state index is 10.6. The molecular formula is C15H23N5O2S. The number of carbonyl (C=O) groups is 1. The summed E-state index contributed by atoms with van der Waals surface area (Å²) < 4.78 is 7.45. The van der Waals surface area contributed by atoms with Crippen molar-refractivity contribution in [2.75, 3.05) is 31.7 Å². The molecule has 2 aromatic rings. The normalized spacial score (nSPS) is 11.2. The summed E-state index contributed by atoms with van der Waals surface area (Å²) in [5, 5.41) is 7.13. The van der Waals surface area contributed by atoms with E-state index in [1.807, 2.05) is 14.1 Å². The molecule has 0 aliphatic heterocycles. The molecule has 2 aromatic heterocycles. The van der Waals surface area contributed by atoms with Gasteiger partial charge < -0.3 is 14.6 Å².